The number of sulfone groups is 1. The average Bonchev–Trinajstić information content (AvgIpc) is 2.28. The molecule has 0 bridgehead atoms. The first kappa shape index (κ1) is 14.9. The van der Waals surface area contributed by atoms with Crippen molar-refractivity contribution in [2.45, 2.75) is 24.7 Å². The summed E-state index contributed by atoms with van der Waals surface area (Å²) in [6.07, 6.45) is 6.64. The maximum atomic E-state index is 11.7. The predicted octanol–water partition coefficient (Wildman–Crippen LogP) is 3.28. The van der Waals surface area contributed by atoms with Crippen molar-refractivity contribution >= 4 is 32.8 Å². The first-order valence-electron chi connectivity index (χ1n) is 5.56. The standard InChI is InChI=1S/C13H15ClO3S/c1-3-4-5-6-10-7-8-11(13(14)15)9-12(10)18(2,16)17/h5-9H,3-4H2,1-2H3. The molecule has 0 amide bonds. The Labute approximate surface area is 112 Å². The van der Waals surface area contributed by atoms with Gasteiger partial charge in [0, 0.05) is 11.8 Å². The fourth-order valence-corrected chi connectivity index (χ4v) is 2.52. The van der Waals surface area contributed by atoms with Crippen LogP contribution in [0.15, 0.2) is 29.2 Å². The van der Waals surface area contributed by atoms with Crippen molar-refractivity contribution in [1.82, 2.24) is 0 Å². The summed E-state index contributed by atoms with van der Waals surface area (Å²) >= 11 is 5.35. The number of hydrogen-bond acceptors (Lipinski definition) is 3. The monoisotopic (exact) mass is 286 g/mol. The Morgan fingerprint density at radius 3 is 2.56 bits per heavy atom. The van der Waals surface area contributed by atoms with Crippen LogP contribution in [0.2, 0.25) is 0 Å². The van der Waals surface area contributed by atoms with Crippen molar-refractivity contribution in [2.75, 3.05) is 6.26 Å². The van der Waals surface area contributed by atoms with Gasteiger partial charge >= 0.3 is 0 Å². The van der Waals surface area contributed by atoms with E-state index in [0.717, 1.165) is 19.1 Å². The molecule has 0 aromatic heterocycles. The topological polar surface area (TPSA) is 51.2 Å². The van der Waals surface area contributed by atoms with Crippen LogP contribution in [0.3, 0.4) is 0 Å². The third kappa shape index (κ3) is 3.96. The van der Waals surface area contributed by atoms with Crippen LogP contribution < -0.4 is 0 Å². The third-order valence-corrected chi connectivity index (χ3v) is 3.76. The van der Waals surface area contributed by atoms with Gasteiger partial charge in [0.2, 0.25) is 0 Å². The second kappa shape index (κ2) is 6.16. The van der Waals surface area contributed by atoms with Gasteiger partial charge in [-0.25, -0.2) is 8.42 Å². The highest BCUT2D eigenvalue weighted by Gasteiger charge is 2.14. The number of halogens is 1. The number of rotatable bonds is 5. The zero-order valence-electron chi connectivity index (χ0n) is 10.3. The van der Waals surface area contributed by atoms with Crippen molar-refractivity contribution in [1.29, 1.82) is 0 Å². The fourth-order valence-electron chi connectivity index (χ4n) is 1.49. The lowest BCUT2D eigenvalue weighted by atomic mass is 10.1. The van der Waals surface area contributed by atoms with E-state index in [9.17, 15) is 13.2 Å². The zero-order chi connectivity index (χ0) is 13.8. The number of unbranched alkanes of at least 4 members (excludes halogenated alkanes) is 1. The van der Waals surface area contributed by atoms with Gasteiger partial charge < -0.3 is 0 Å². The van der Waals surface area contributed by atoms with E-state index in [1.807, 2.05) is 13.0 Å². The molecule has 0 heterocycles. The highest BCUT2D eigenvalue weighted by atomic mass is 35.5. The normalized spacial score (nSPS) is 11.9. The van der Waals surface area contributed by atoms with E-state index in [-0.39, 0.29) is 10.5 Å². The lowest BCUT2D eigenvalue weighted by Crippen LogP contribution is -2.02. The maximum Gasteiger partial charge on any atom is 0.252 e. The number of hydrogen-bond donors (Lipinski definition) is 0. The molecule has 0 radical (unpaired) electrons. The number of allylic oxidation sites excluding steroid dienone is 1. The molecule has 0 aliphatic heterocycles. The second-order valence-corrected chi connectivity index (χ2v) is 6.32. The van der Waals surface area contributed by atoms with Crippen molar-refractivity contribution in [3.63, 3.8) is 0 Å². The molecular weight excluding hydrogens is 272 g/mol. The van der Waals surface area contributed by atoms with Crippen LogP contribution in [-0.4, -0.2) is 19.9 Å². The Hall–Kier alpha value is -1.13. The first-order chi connectivity index (χ1) is 8.36. The highest BCUT2D eigenvalue weighted by Crippen LogP contribution is 2.20. The Kier molecular flexibility index (Phi) is 5.11. The third-order valence-electron chi connectivity index (χ3n) is 2.39. The van der Waals surface area contributed by atoms with Gasteiger partial charge in [0.25, 0.3) is 5.24 Å². The van der Waals surface area contributed by atoms with Gasteiger partial charge in [0.15, 0.2) is 9.84 Å². The number of carbonyl (C=O) groups excluding carboxylic acids is 1. The van der Waals surface area contributed by atoms with Crippen LogP contribution in [0.4, 0.5) is 0 Å². The smallest absolute Gasteiger partial charge is 0.252 e. The van der Waals surface area contributed by atoms with E-state index in [4.69, 9.17) is 11.6 Å². The number of carbonyl (C=O) groups is 1. The molecule has 5 heteroatoms. The average molecular weight is 287 g/mol. The summed E-state index contributed by atoms with van der Waals surface area (Å²) in [5, 5.41) is -0.663. The van der Waals surface area contributed by atoms with Crippen molar-refractivity contribution in [2.24, 2.45) is 0 Å². The summed E-state index contributed by atoms with van der Waals surface area (Å²) in [4.78, 5) is 11.2. The molecule has 1 rings (SSSR count). The summed E-state index contributed by atoms with van der Waals surface area (Å²) in [5.41, 5.74) is 0.761. The van der Waals surface area contributed by atoms with Gasteiger partial charge in [-0.05, 0) is 35.7 Å². The minimum absolute atomic E-state index is 0.126. The number of benzene rings is 1. The molecule has 0 saturated carbocycles. The summed E-state index contributed by atoms with van der Waals surface area (Å²) in [5.74, 6) is 0. The Bertz CT molecular complexity index is 574. The zero-order valence-corrected chi connectivity index (χ0v) is 11.9. The molecule has 1 aromatic carbocycles. The Morgan fingerprint density at radius 2 is 2.06 bits per heavy atom. The molecule has 0 saturated heterocycles. The van der Waals surface area contributed by atoms with E-state index < -0.39 is 15.1 Å². The summed E-state index contributed by atoms with van der Waals surface area (Å²) < 4.78 is 23.3. The summed E-state index contributed by atoms with van der Waals surface area (Å²) in [6, 6.07) is 4.43. The molecule has 0 fully saturated rings. The van der Waals surface area contributed by atoms with Crippen LogP contribution in [-0.2, 0) is 9.84 Å². The fraction of sp³-hybridized carbons (Fsp3) is 0.308. The van der Waals surface area contributed by atoms with Gasteiger partial charge in [0.1, 0.15) is 0 Å². The maximum absolute atomic E-state index is 11.7. The quantitative estimate of drug-likeness (QED) is 0.781. The van der Waals surface area contributed by atoms with E-state index in [0.29, 0.717) is 5.56 Å². The van der Waals surface area contributed by atoms with E-state index >= 15 is 0 Å². The minimum atomic E-state index is -3.39. The molecule has 98 valence electrons. The van der Waals surface area contributed by atoms with Crippen LogP contribution >= 0.6 is 11.6 Å². The van der Waals surface area contributed by atoms with E-state index in [1.165, 1.54) is 12.1 Å². The van der Waals surface area contributed by atoms with Gasteiger partial charge in [0.05, 0.1) is 4.90 Å². The van der Waals surface area contributed by atoms with Gasteiger partial charge in [-0.15, -0.1) is 0 Å². The van der Waals surface area contributed by atoms with Gasteiger partial charge in [-0.2, -0.15) is 0 Å². The molecule has 0 unspecified atom stereocenters. The molecule has 0 N–H and O–H groups in total. The van der Waals surface area contributed by atoms with Crippen molar-refractivity contribution < 1.29 is 13.2 Å². The highest BCUT2D eigenvalue weighted by molar-refractivity contribution is 7.90. The van der Waals surface area contributed by atoms with Crippen LogP contribution in [0.1, 0.15) is 35.7 Å². The predicted molar refractivity (Wildman–Crippen MR) is 73.7 cm³/mol. The molecule has 3 nitrogen and oxygen atoms in total. The SMILES string of the molecule is CCCC=Cc1ccc(C(=O)Cl)cc1S(C)(=O)=O. The Balaban J connectivity index is 3.31. The largest absolute Gasteiger partial charge is 0.276 e. The van der Waals surface area contributed by atoms with E-state index in [1.54, 1.807) is 12.1 Å². The van der Waals surface area contributed by atoms with E-state index in [2.05, 4.69) is 0 Å². The van der Waals surface area contributed by atoms with Crippen LogP contribution in [0.5, 0.6) is 0 Å². The molecule has 18 heavy (non-hydrogen) atoms. The van der Waals surface area contributed by atoms with Crippen molar-refractivity contribution in [3.8, 4) is 0 Å². The second-order valence-electron chi connectivity index (χ2n) is 3.99. The summed E-state index contributed by atoms with van der Waals surface area (Å²) in [6.45, 7) is 2.04. The molecule has 0 aliphatic carbocycles. The summed E-state index contributed by atoms with van der Waals surface area (Å²) in [7, 11) is -3.39. The Morgan fingerprint density at radius 1 is 1.39 bits per heavy atom. The molecule has 0 spiro atoms. The molecule has 1 aromatic rings. The molecule has 0 atom stereocenters. The van der Waals surface area contributed by atoms with Gasteiger partial charge in [-0.3, -0.25) is 4.79 Å². The molecule has 0 aliphatic rings. The first-order valence-corrected chi connectivity index (χ1v) is 7.83. The van der Waals surface area contributed by atoms with Crippen LogP contribution in [0.25, 0.3) is 6.08 Å². The van der Waals surface area contributed by atoms with Crippen LogP contribution in [0, 0.1) is 0 Å². The lowest BCUT2D eigenvalue weighted by molar-refractivity contribution is 0.108. The molecular formula is C13H15ClO3S. The lowest BCUT2D eigenvalue weighted by Gasteiger charge is -2.05. The van der Waals surface area contributed by atoms with Gasteiger partial charge in [-0.1, -0.05) is 31.6 Å². The van der Waals surface area contributed by atoms with Crippen molar-refractivity contribution in [3.05, 3.63) is 35.4 Å². The minimum Gasteiger partial charge on any atom is -0.276 e.